The lowest BCUT2D eigenvalue weighted by molar-refractivity contribution is -0.137. The quantitative estimate of drug-likeness (QED) is 0.886. The molecule has 0 aliphatic carbocycles. The molecule has 0 saturated carbocycles. The highest BCUT2D eigenvalue weighted by Crippen LogP contribution is 2.22. The maximum atomic E-state index is 12.6. The summed E-state index contributed by atoms with van der Waals surface area (Å²) in [5.74, 6) is -0.0232. The molecule has 0 spiro atoms. The van der Waals surface area contributed by atoms with E-state index in [1.165, 1.54) is 4.88 Å². The monoisotopic (exact) mass is 317 g/mol. The van der Waals surface area contributed by atoms with Gasteiger partial charge in [-0.05, 0) is 30.4 Å². The van der Waals surface area contributed by atoms with Gasteiger partial charge in [0.05, 0.1) is 12.1 Å². The van der Waals surface area contributed by atoms with Crippen molar-refractivity contribution in [2.75, 3.05) is 7.05 Å². The topological polar surface area (TPSA) is 40.5 Å². The molecule has 0 aliphatic rings. The zero-order valence-corrected chi connectivity index (χ0v) is 14.1. The van der Waals surface area contributed by atoms with Gasteiger partial charge in [0.2, 0.25) is 5.91 Å². The first kappa shape index (κ1) is 16.7. The van der Waals surface area contributed by atoms with Crippen molar-refractivity contribution in [2.24, 2.45) is 5.92 Å². The molecule has 3 atom stereocenters. The van der Waals surface area contributed by atoms with Crippen LogP contribution in [-0.2, 0) is 11.2 Å². The minimum Gasteiger partial charge on any atom is -0.386 e. The third kappa shape index (κ3) is 3.96. The second kappa shape index (κ2) is 7.56. The molecule has 1 aromatic heterocycles. The molecule has 2 rings (SSSR count). The predicted octanol–water partition coefficient (Wildman–Crippen LogP) is 3.51. The number of amides is 1. The van der Waals surface area contributed by atoms with E-state index in [-0.39, 0.29) is 17.9 Å². The normalized spacial score (nSPS) is 15.1. The number of hydrogen-bond acceptors (Lipinski definition) is 3. The number of hydrogen-bond donors (Lipinski definition) is 1. The van der Waals surface area contributed by atoms with Crippen LogP contribution in [-0.4, -0.2) is 29.0 Å². The van der Waals surface area contributed by atoms with Gasteiger partial charge in [0.15, 0.2) is 0 Å². The molecule has 118 valence electrons. The number of carbonyl (C=O) groups is 1. The summed E-state index contributed by atoms with van der Waals surface area (Å²) >= 11 is 1.67. The molecule has 0 saturated heterocycles. The Morgan fingerprint density at radius 3 is 2.45 bits per heavy atom. The SMILES string of the molecule is C[C@H](Cc1cccs1)C(=O)N(C)[C@@H](C)[C@@H](O)c1ccccc1. The molecule has 0 unspecified atom stereocenters. The zero-order valence-electron chi connectivity index (χ0n) is 13.3. The highest BCUT2D eigenvalue weighted by molar-refractivity contribution is 7.09. The fourth-order valence-corrected chi connectivity index (χ4v) is 3.34. The Balaban J connectivity index is 2.00. The summed E-state index contributed by atoms with van der Waals surface area (Å²) in [6, 6.07) is 13.3. The minimum atomic E-state index is -0.677. The van der Waals surface area contributed by atoms with E-state index in [9.17, 15) is 9.90 Å². The summed E-state index contributed by atoms with van der Waals surface area (Å²) in [5, 5.41) is 12.5. The molecular weight excluding hydrogens is 294 g/mol. The second-order valence-corrected chi connectivity index (χ2v) is 6.76. The highest BCUT2D eigenvalue weighted by atomic mass is 32.1. The third-order valence-electron chi connectivity index (χ3n) is 4.07. The van der Waals surface area contributed by atoms with Gasteiger partial charge >= 0.3 is 0 Å². The lowest BCUT2D eigenvalue weighted by Crippen LogP contribution is -2.42. The summed E-state index contributed by atoms with van der Waals surface area (Å²) in [4.78, 5) is 15.4. The molecule has 1 N–H and O–H groups in total. The van der Waals surface area contributed by atoms with Crippen LogP contribution in [0, 0.1) is 5.92 Å². The van der Waals surface area contributed by atoms with E-state index in [0.29, 0.717) is 0 Å². The smallest absolute Gasteiger partial charge is 0.225 e. The van der Waals surface area contributed by atoms with Crippen molar-refractivity contribution in [1.29, 1.82) is 0 Å². The number of nitrogens with zero attached hydrogens (tertiary/aromatic N) is 1. The van der Waals surface area contributed by atoms with E-state index < -0.39 is 6.10 Å². The van der Waals surface area contributed by atoms with E-state index in [1.807, 2.05) is 55.6 Å². The molecule has 1 amide bonds. The Labute approximate surface area is 136 Å². The number of rotatable bonds is 6. The number of likely N-dealkylation sites (N-methyl/N-ethyl adjacent to an activating group) is 1. The Morgan fingerprint density at radius 2 is 1.86 bits per heavy atom. The lowest BCUT2D eigenvalue weighted by Gasteiger charge is -2.31. The van der Waals surface area contributed by atoms with Crippen LogP contribution in [0.5, 0.6) is 0 Å². The van der Waals surface area contributed by atoms with Crippen LogP contribution >= 0.6 is 11.3 Å². The first-order valence-corrected chi connectivity index (χ1v) is 8.40. The summed E-state index contributed by atoms with van der Waals surface area (Å²) in [6.07, 6.45) is 0.0683. The molecule has 4 heteroatoms. The maximum absolute atomic E-state index is 12.6. The van der Waals surface area contributed by atoms with E-state index in [0.717, 1.165) is 12.0 Å². The highest BCUT2D eigenvalue weighted by Gasteiger charge is 2.27. The lowest BCUT2D eigenvalue weighted by atomic mass is 10.00. The average Bonchev–Trinajstić information content (AvgIpc) is 3.05. The number of aliphatic hydroxyl groups excluding tert-OH is 1. The van der Waals surface area contributed by atoms with E-state index in [2.05, 4.69) is 6.07 Å². The minimum absolute atomic E-state index is 0.0656. The van der Waals surface area contributed by atoms with Crippen LogP contribution in [0.25, 0.3) is 0 Å². The fourth-order valence-electron chi connectivity index (χ4n) is 2.51. The van der Waals surface area contributed by atoms with E-state index in [1.54, 1.807) is 23.3 Å². The number of carbonyl (C=O) groups excluding carboxylic acids is 1. The van der Waals surface area contributed by atoms with E-state index in [4.69, 9.17) is 0 Å². The van der Waals surface area contributed by atoms with Gasteiger partial charge in [0.25, 0.3) is 0 Å². The zero-order chi connectivity index (χ0) is 16.1. The van der Waals surface area contributed by atoms with Gasteiger partial charge < -0.3 is 10.0 Å². The summed E-state index contributed by atoms with van der Waals surface area (Å²) in [5.41, 5.74) is 0.834. The number of thiophene rings is 1. The molecule has 3 nitrogen and oxygen atoms in total. The molecular formula is C18H23NO2S. The number of benzene rings is 1. The van der Waals surface area contributed by atoms with E-state index >= 15 is 0 Å². The van der Waals surface area contributed by atoms with Crippen molar-refractivity contribution in [3.63, 3.8) is 0 Å². The summed E-state index contributed by atoms with van der Waals surface area (Å²) in [7, 11) is 1.77. The molecule has 1 heterocycles. The van der Waals surface area contributed by atoms with Crippen LogP contribution in [0.15, 0.2) is 47.8 Å². The molecule has 1 aromatic carbocycles. The fraction of sp³-hybridized carbons (Fsp3) is 0.389. The number of aliphatic hydroxyl groups is 1. The van der Waals surface area contributed by atoms with Crippen LogP contribution in [0.2, 0.25) is 0 Å². The first-order chi connectivity index (χ1) is 10.5. The summed E-state index contributed by atoms with van der Waals surface area (Å²) < 4.78 is 0. The molecule has 0 aliphatic heterocycles. The van der Waals surface area contributed by atoms with Crippen molar-refractivity contribution < 1.29 is 9.90 Å². The van der Waals surface area contributed by atoms with Crippen molar-refractivity contribution in [3.05, 3.63) is 58.3 Å². The van der Waals surface area contributed by atoms with Gasteiger partial charge in [-0.2, -0.15) is 0 Å². The second-order valence-electron chi connectivity index (χ2n) is 5.73. The van der Waals surface area contributed by atoms with Crippen molar-refractivity contribution in [2.45, 2.75) is 32.4 Å². The third-order valence-corrected chi connectivity index (χ3v) is 4.96. The van der Waals surface area contributed by atoms with Gasteiger partial charge in [-0.15, -0.1) is 11.3 Å². The predicted molar refractivity (Wildman–Crippen MR) is 90.8 cm³/mol. The maximum Gasteiger partial charge on any atom is 0.225 e. The van der Waals surface area contributed by atoms with Gasteiger partial charge in [0, 0.05) is 17.8 Å². The average molecular weight is 317 g/mol. The molecule has 2 aromatic rings. The first-order valence-electron chi connectivity index (χ1n) is 7.52. The van der Waals surface area contributed by atoms with Crippen molar-refractivity contribution >= 4 is 17.2 Å². The van der Waals surface area contributed by atoms with Crippen LogP contribution in [0.3, 0.4) is 0 Å². The van der Waals surface area contributed by atoms with Gasteiger partial charge in [-0.25, -0.2) is 0 Å². The Hall–Kier alpha value is -1.65. The van der Waals surface area contributed by atoms with Crippen molar-refractivity contribution in [1.82, 2.24) is 4.90 Å². The molecule has 0 radical (unpaired) electrons. The Morgan fingerprint density at radius 1 is 1.18 bits per heavy atom. The molecule has 0 fully saturated rings. The van der Waals surface area contributed by atoms with Crippen molar-refractivity contribution in [3.8, 4) is 0 Å². The van der Waals surface area contributed by atoms with Crippen LogP contribution in [0.4, 0.5) is 0 Å². The molecule has 22 heavy (non-hydrogen) atoms. The Kier molecular flexibility index (Phi) is 5.75. The van der Waals surface area contributed by atoms with Crippen LogP contribution < -0.4 is 0 Å². The summed E-state index contributed by atoms with van der Waals surface area (Å²) in [6.45, 7) is 3.83. The van der Waals surface area contributed by atoms with Gasteiger partial charge in [-0.3, -0.25) is 4.79 Å². The molecule has 0 bridgehead atoms. The van der Waals surface area contributed by atoms with Gasteiger partial charge in [0.1, 0.15) is 0 Å². The Bertz CT molecular complexity index is 582. The van der Waals surface area contributed by atoms with Gasteiger partial charge in [-0.1, -0.05) is 43.3 Å². The largest absolute Gasteiger partial charge is 0.386 e. The van der Waals surface area contributed by atoms with Crippen LogP contribution in [0.1, 0.15) is 30.4 Å². The standard InChI is InChI=1S/C18H23NO2S/c1-13(12-16-10-7-11-22-16)18(21)19(3)14(2)17(20)15-8-5-4-6-9-15/h4-11,13-14,17,20H,12H2,1-3H3/t13-,14+,17-/m1/s1.